The Kier molecular flexibility index (Phi) is 5.84. The summed E-state index contributed by atoms with van der Waals surface area (Å²) in [5.74, 6) is 1.39. The first kappa shape index (κ1) is 19.1. The normalized spacial score (nSPS) is 11.1. The van der Waals surface area contributed by atoms with Gasteiger partial charge in [-0.2, -0.15) is 14.9 Å². The van der Waals surface area contributed by atoms with Gasteiger partial charge in [-0.15, -0.1) is 0 Å². The molecule has 0 bridgehead atoms. The van der Waals surface area contributed by atoms with Crippen LogP contribution in [0.3, 0.4) is 0 Å². The van der Waals surface area contributed by atoms with E-state index in [9.17, 15) is 0 Å². The Morgan fingerprint density at radius 2 is 1.83 bits per heavy atom. The molecular weight excluding hydrogens is 404 g/mol. The molecule has 0 atom stereocenters. The Morgan fingerprint density at radius 3 is 2.59 bits per heavy atom. The maximum atomic E-state index is 6.08. The van der Waals surface area contributed by atoms with Crippen molar-refractivity contribution >= 4 is 30.0 Å². The van der Waals surface area contributed by atoms with E-state index >= 15 is 0 Å². The number of nitrogens with zero attached hydrogens (tertiary/aromatic N) is 3. The number of aromatic nitrogens is 3. The lowest BCUT2D eigenvalue weighted by Crippen LogP contribution is -1.96. The molecule has 0 amide bonds. The first-order chi connectivity index (χ1) is 14.2. The van der Waals surface area contributed by atoms with Gasteiger partial charge in [0.25, 0.3) is 0 Å². The first-order valence-electron chi connectivity index (χ1n) is 8.93. The molecule has 4 rings (SSSR count). The Hall–Kier alpha value is -3.22. The minimum absolute atomic E-state index is 0.402. The number of ether oxygens (including phenoxy) is 1. The summed E-state index contributed by atoms with van der Waals surface area (Å²) >= 11 is 11.4. The highest BCUT2D eigenvalue weighted by atomic mass is 35.5. The zero-order valence-corrected chi connectivity index (χ0v) is 16.9. The molecule has 144 valence electrons. The summed E-state index contributed by atoms with van der Waals surface area (Å²) in [7, 11) is 0. The fraction of sp³-hybridized carbons (Fsp3) is 0.0455. The summed E-state index contributed by atoms with van der Waals surface area (Å²) in [6.45, 7) is 0.529. The van der Waals surface area contributed by atoms with Gasteiger partial charge >= 0.3 is 0 Å². The van der Waals surface area contributed by atoms with Crippen molar-refractivity contribution in [1.29, 1.82) is 0 Å². The van der Waals surface area contributed by atoms with Crippen molar-refractivity contribution in [3.63, 3.8) is 0 Å². The third-order valence-electron chi connectivity index (χ3n) is 4.18. The summed E-state index contributed by atoms with van der Waals surface area (Å²) in [5.41, 5.74) is 2.87. The molecule has 3 aromatic carbocycles. The number of H-pyrrole nitrogens is 1. The molecule has 5 nitrogen and oxygen atoms in total. The largest absolute Gasteiger partial charge is 0.489 e. The van der Waals surface area contributed by atoms with Gasteiger partial charge in [-0.3, -0.25) is 0 Å². The molecule has 0 radical (unpaired) electrons. The number of nitrogens with one attached hydrogen (secondary N) is 1. The first-order valence-corrected chi connectivity index (χ1v) is 9.72. The van der Waals surface area contributed by atoms with E-state index in [-0.39, 0.29) is 0 Å². The number of aromatic amines is 1. The van der Waals surface area contributed by atoms with Crippen LogP contribution in [0.2, 0.25) is 5.02 Å². The van der Waals surface area contributed by atoms with Crippen molar-refractivity contribution < 1.29 is 4.74 Å². The Morgan fingerprint density at radius 1 is 1.03 bits per heavy atom. The van der Waals surface area contributed by atoms with Crippen molar-refractivity contribution in [2.45, 2.75) is 6.61 Å². The summed E-state index contributed by atoms with van der Waals surface area (Å²) in [6, 6.07) is 25.1. The highest BCUT2D eigenvalue weighted by Gasteiger charge is 2.08. The number of rotatable bonds is 6. The van der Waals surface area contributed by atoms with E-state index in [2.05, 4.69) is 15.3 Å². The molecule has 0 spiro atoms. The highest BCUT2D eigenvalue weighted by molar-refractivity contribution is 7.71. The van der Waals surface area contributed by atoms with Crippen LogP contribution < -0.4 is 4.74 Å². The SMILES string of the molecule is S=c1[nH]nc(-c2cccc(Cl)c2)n1/N=C\c1ccc(OCc2ccccc2)cc1. The van der Waals surface area contributed by atoms with Crippen LogP contribution in [0.15, 0.2) is 84.0 Å². The third kappa shape index (κ3) is 4.80. The summed E-state index contributed by atoms with van der Waals surface area (Å²) in [5, 5.41) is 12.1. The highest BCUT2D eigenvalue weighted by Crippen LogP contribution is 2.21. The maximum Gasteiger partial charge on any atom is 0.216 e. The fourth-order valence-electron chi connectivity index (χ4n) is 2.73. The van der Waals surface area contributed by atoms with Crippen molar-refractivity contribution in [1.82, 2.24) is 14.9 Å². The van der Waals surface area contributed by atoms with E-state index in [0.717, 1.165) is 22.4 Å². The molecule has 0 aliphatic heterocycles. The molecule has 29 heavy (non-hydrogen) atoms. The summed E-state index contributed by atoms with van der Waals surface area (Å²) in [6.07, 6.45) is 1.72. The molecular formula is C22H17ClN4OS. The van der Waals surface area contributed by atoms with Gasteiger partial charge in [-0.05, 0) is 59.7 Å². The predicted octanol–water partition coefficient (Wildman–Crippen LogP) is 5.72. The third-order valence-corrected chi connectivity index (χ3v) is 4.68. The maximum absolute atomic E-state index is 6.08. The van der Waals surface area contributed by atoms with Crippen LogP contribution >= 0.6 is 23.8 Å². The zero-order valence-electron chi connectivity index (χ0n) is 15.3. The number of hydrogen-bond acceptors (Lipinski definition) is 4. The molecule has 1 N–H and O–H groups in total. The topological polar surface area (TPSA) is 55.2 Å². The minimum Gasteiger partial charge on any atom is -0.489 e. The van der Waals surface area contributed by atoms with Gasteiger partial charge < -0.3 is 4.74 Å². The quantitative estimate of drug-likeness (QED) is 0.320. The van der Waals surface area contributed by atoms with Gasteiger partial charge in [0.15, 0.2) is 5.82 Å². The van der Waals surface area contributed by atoms with Crippen LogP contribution in [0, 0.1) is 4.77 Å². The predicted molar refractivity (Wildman–Crippen MR) is 118 cm³/mol. The molecule has 0 aliphatic carbocycles. The second-order valence-electron chi connectivity index (χ2n) is 6.26. The molecule has 0 fully saturated rings. The van der Waals surface area contributed by atoms with E-state index in [1.54, 1.807) is 17.0 Å². The minimum atomic E-state index is 0.402. The van der Waals surface area contributed by atoms with E-state index < -0.39 is 0 Å². The van der Waals surface area contributed by atoms with Crippen molar-refractivity contribution in [3.05, 3.63) is 99.8 Å². The molecule has 0 saturated heterocycles. The van der Waals surface area contributed by atoms with Crippen LogP contribution in [-0.2, 0) is 6.61 Å². The molecule has 1 aromatic heterocycles. The summed E-state index contributed by atoms with van der Waals surface area (Å²) in [4.78, 5) is 0. The average Bonchev–Trinajstić information content (AvgIpc) is 3.12. The van der Waals surface area contributed by atoms with Crippen LogP contribution in [0.5, 0.6) is 5.75 Å². The van der Waals surface area contributed by atoms with E-state index in [1.807, 2.05) is 72.8 Å². The van der Waals surface area contributed by atoms with Gasteiger partial charge in [0, 0.05) is 10.6 Å². The lowest BCUT2D eigenvalue weighted by Gasteiger charge is -2.06. The molecule has 7 heteroatoms. The Balaban J connectivity index is 1.48. The standard InChI is InChI=1S/C22H17ClN4OS/c23-19-8-4-7-18(13-19)21-25-26-22(29)27(21)24-14-16-9-11-20(12-10-16)28-15-17-5-2-1-3-6-17/h1-14H,15H2,(H,26,29)/b24-14-. The lowest BCUT2D eigenvalue weighted by atomic mass is 10.2. The van der Waals surface area contributed by atoms with Crippen LogP contribution in [-0.4, -0.2) is 21.1 Å². The van der Waals surface area contributed by atoms with Crippen molar-refractivity contribution in [3.8, 4) is 17.1 Å². The Labute approximate surface area is 178 Å². The van der Waals surface area contributed by atoms with Crippen molar-refractivity contribution in [2.75, 3.05) is 0 Å². The molecule has 0 unspecified atom stereocenters. The van der Waals surface area contributed by atoms with Crippen LogP contribution in [0.25, 0.3) is 11.4 Å². The van der Waals surface area contributed by atoms with Gasteiger partial charge in [0.2, 0.25) is 4.77 Å². The van der Waals surface area contributed by atoms with E-state index in [1.165, 1.54) is 0 Å². The van der Waals surface area contributed by atoms with E-state index in [4.69, 9.17) is 28.6 Å². The van der Waals surface area contributed by atoms with Crippen LogP contribution in [0.4, 0.5) is 0 Å². The molecule has 0 aliphatic rings. The Bertz CT molecular complexity index is 1180. The molecule has 0 saturated carbocycles. The average molecular weight is 421 g/mol. The number of benzene rings is 3. The smallest absolute Gasteiger partial charge is 0.216 e. The van der Waals surface area contributed by atoms with Gasteiger partial charge in [-0.25, -0.2) is 5.10 Å². The lowest BCUT2D eigenvalue weighted by molar-refractivity contribution is 0.306. The second-order valence-corrected chi connectivity index (χ2v) is 7.09. The van der Waals surface area contributed by atoms with Crippen molar-refractivity contribution in [2.24, 2.45) is 5.10 Å². The molecule has 4 aromatic rings. The number of hydrogen-bond donors (Lipinski definition) is 1. The zero-order chi connectivity index (χ0) is 20.1. The second kappa shape index (κ2) is 8.86. The van der Waals surface area contributed by atoms with E-state index in [0.29, 0.717) is 22.2 Å². The van der Waals surface area contributed by atoms with Crippen LogP contribution in [0.1, 0.15) is 11.1 Å². The fourth-order valence-corrected chi connectivity index (χ4v) is 3.10. The van der Waals surface area contributed by atoms with Gasteiger partial charge in [0.1, 0.15) is 12.4 Å². The monoisotopic (exact) mass is 420 g/mol. The summed E-state index contributed by atoms with van der Waals surface area (Å²) < 4.78 is 7.78. The van der Waals surface area contributed by atoms with Gasteiger partial charge in [0.05, 0.1) is 6.21 Å². The molecule has 1 heterocycles. The van der Waals surface area contributed by atoms with Gasteiger partial charge in [-0.1, -0.05) is 54.1 Å². The number of halogens is 1.